The molecular formula is C17H16Cl2N2O2. The summed E-state index contributed by atoms with van der Waals surface area (Å²) in [6, 6.07) is 9.20. The average Bonchev–Trinajstić information content (AvgIpc) is 2.90. The van der Waals surface area contributed by atoms with Gasteiger partial charge in [0, 0.05) is 5.56 Å². The Hall–Kier alpha value is -1.91. The highest BCUT2D eigenvalue weighted by molar-refractivity contribution is 6.42. The Bertz CT molecular complexity index is 820. The summed E-state index contributed by atoms with van der Waals surface area (Å²) in [5.74, 6) is 2.08. The number of imidazole rings is 1. The van der Waals surface area contributed by atoms with Crippen LogP contribution in [0.5, 0.6) is 11.5 Å². The molecule has 120 valence electrons. The Morgan fingerprint density at radius 2 is 1.78 bits per heavy atom. The Labute approximate surface area is 144 Å². The molecule has 3 rings (SSSR count). The van der Waals surface area contributed by atoms with Crippen molar-refractivity contribution in [2.45, 2.75) is 20.0 Å². The molecule has 0 bridgehead atoms. The number of hydrogen-bond donors (Lipinski definition) is 1. The summed E-state index contributed by atoms with van der Waals surface area (Å²) in [4.78, 5) is 7.81. The second-order valence-corrected chi connectivity index (χ2v) is 6.22. The van der Waals surface area contributed by atoms with Crippen LogP contribution in [0.4, 0.5) is 0 Å². The summed E-state index contributed by atoms with van der Waals surface area (Å²) >= 11 is 12.1. The fourth-order valence-corrected chi connectivity index (χ4v) is 2.63. The number of H-pyrrole nitrogens is 1. The van der Waals surface area contributed by atoms with Gasteiger partial charge in [-0.15, -0.1) is 0 Å². The molecule has 1 N–H and O–H groups in total. The van der Waals surface area contributed by atoms with Crippen LogP contribution >= 0.6 is 23.2 Å². The lowest BCUT2D eigenvalue weighted by molar-refractivity contribution is 0.230. The highest BCUT2D eigenvalue weighted by Gasteiger charge is 2.12. The quantitative estimate of drug-likeness (QED) is 0.691. The van der Waals surface area contributed by atoms with Gasteiger partial charge in [0.2, 0.25) is 0 Å². The number of aromatic nitrogens is 2. The molecule has 0 atom stereocenters. The van der Waals surface area contributed by atoms with Gasteiger partial charge in [-0.25, -0.2) is 4.98 Å². The van der Waals surface area contributed by atoms with E-state index in [0.717, 1.165) is 22.4 Å². The minimum Gasteiger partial charge on any atom is -0.493 e. The number of hydrogen-bond acceptors (Lipinski definition) is 3. The van der Waals surface area contributed by atoms with Crippen molar-refractivity contribution in [2.75, 3.05) is 7.11 Å². The minimum atomic E-state index is 0.0486. The molecule has 0 unspecified atom stereocenters. The molecule has 0 spiro atoms. The normalized spacial score (nSPS) is 11.2. The van der Waals surface area contributed by atoms with E-state index in [1.807, 2.05) is 32.0 Å². The third-order valence-electron chi connectivity index (χ3n) is 3.32. The van der Waals surface area contributed by atoms with Crippen LogP contribution in [0.15, 0.2) is 30.3 Å². The largest absolute Gasteiger partial charge is 0.493 e. The maximum atomic E-state index is 6.05. The SMILES string of the molecule is COc1ccc(-c2nc3cc(Cl)c(Cl)cc3[nH]2)cc1OC(C)C. The van der Waals surface area contributed by atoms with Crippen molar-refractivity contribution in [1.82, 2.24) is 9.97 Å². The number of ether oxygens (including phenoxy) is 2. The molecule has 0 aliphatic heterocycles. The first-order valence-corrected chi connectivity index (χ1v) is 7.93. The van der Waals surface area contributed by atoms with Crippen molar-refractivity contribution < 1.29 is 9.47 Å². The topological polar surface area (TPSA) is 47.1 Å². The average molecular weight is 351 g/mol. The zero-order valence-corrected chi connectivity index (χ0v) is 14.5. The van der Waals surface area contributed by atoms with Crippen LogP contribution in [0.2, 0.25) is 10.0 Å². The summed E-state index contributed by atoms with van der Waals surface area (Å²) in [5.41, 5.74) is 2.48. The van der Waals surface area contributed by atoms with Crippen molar-refractivity contribution in [3.05, 3.63) is 40.4 Å². The van der Waals surface area contributed by atoms with Crippen LogP contribution in [0.3, 0.4) is 0 Å². The van der Waals surface area contributed by atoms with Gasteiger partial charge in [0.05, 0.1) is 34.3 Å². The first-order valence-electron chi connectivity index (χ1n) is 7.17. The summed E-state index contributed by atoms with van der Waals surface area (Å²) in [6.45, 7) is 3.94. The molecule has 0 amide bonds. The van der Waals surface area contributed by atoms with E-state index in [0.29, 0.717) is 21.5 Å². The fraction of sp³-hybridized carbons (Fsp3) is 0.235. The fourth-order valence-electron chi connectivity index (χ4n) is 2.31. The number of nitrogens with zero attached hydrogens (tertiary/aromatic N) is 1. The van der Waals surface area contributed by atoms with Gasteiger partial charge in [-0.2, -0.15) is 0 Å². The van der Waals surface area contributed by atoms with Crippen LogP contribution in [0.1, 0.15) is 13.8 Å². The number of fused-ring (bicyclic) bond motifs is 1. The van der Waals surface area contributed by atoms with E-state index < -0.39 is 0 Å². The van der Waals surface area contributed by atoms with Crippen molar-refractivity contribution in [1.29, 1.82) is 0 Å². The van der Waals surface area contributed by atoms with Crippen LogP contribution in [0, 0.1) is 0 Å². The molecule has 0 aliphatic carbocycles. The summed E-state index contributed by atoms with van der Waals surface area (Å²) < 4.78 is 11.1. The van der Waals surface area contributed by atoms with E-state index in [4.69, 9.17) is 32.7 Å². The molecular weight excluding hydrogens is 335 g/mol. The molecule has 23 heavy (non-hydrogen) atoms. The summed E-state index contributed by atoms with van der Waals surface area (Å²) in [7, 11) is 1.62. The second-order valence-electron chi connectivity index (χ2n) is 5.40. The van der Waals surface area contributed by atoms with E-state index in [1.54, 1.807) is 19.2 Å². The van der Waals surface area contributed by atoms with Crippen molar-refractivity contribution >= 4 is 34.2 Å². The zero-order valence-electron chi connectivity index (χ0n) is 13.0. The molecule has 6 heteroatoms. The van der Waals surface area contributed by atoms with Gasteiger partial charge in [0.15, 0.2) is 11.5 Å². The van der Waals surface area contributed by atoms with Crippen molar-refractivity contribution in [3.8, 4) is 22.9 Å². The molecule has 0 fully saturated rings. The number of halogens is 2. The number of benzene rings is 2. The first-order chi connectivity index (χ1) is 11.0. The maximum Gasteiger partial charge on any atom is 0.162 e. The smallest absolute Gasteiger partial charge is 0.162 e. The van der Waals surface area contributed by atoms with Gasteiger partial charge in [-0.05, 0) is 44.2 Å². The van der Waals surface area contributed by atoms with Crippen LogP contribution in [-0.2, 0) is 0 Å². The van der Waals surface area contributed by atoms with E-state index in [-0.39, 0.29) is 6.10 Å². The Morgan fingerprint density at radius 3 is 2.48 bits per heavy atom. The van der Waals surface area contributed by atoms with Gasteiger partial charge in [0.1, 0.15) is 5.82 Å². The third kappa shape index (κ3) is 3.23. The molecule has 0 saturated carbocycles. The molecule has 0 saturated heterocycles. The van der Waals surface area contributed by atoms with E-state index in [2.05, 4.69) is 9.97 Å². The van der Waals surface area contributed by atoms with Crippen molar-refractivity contribution in [2.24, 2.45) is 0 Å². The predicted molar refractivity (Wildman–Crippen MR) is 93.9 cm³/mol. The molecule has 0 radical (unpaired) electrons. The number of aromatic amines is 1. The molecule has 1 heterocycles. The Kier molecular flexibility index (Phi) is 4.37. The van der Waals surface area contributed by atoms with Gasteiger partial charge in [0.25, 0.3) is 0 Å². The monoisotopic (exact) mass is 350 g/mol. The second kappa shape index (κ2) is 6.30. The van der Waals surface area contributed by atoms with Crippen LogP contribution in [0.25, 0.3) is 22.4 Å². The molecule has 0 aliphatic rings. The van der Waals surface area contributed by atoms with Gasteiger partial charge < -0.3 is 14.5 Å². The predicted octanol–water partition coefficient (Wildman–Crippen LogP) is 5.33. The van der Waals surface area contributed by atoms with E-state index in [1.165, 1.54) is 0 Å². The number of methoxy groups -OCH3 is 1. The van der Waals surface area contributed by atoms with Crippen molar-refractivity contribution in [3.63, 3.8) is 0 Å². The number of nitrogens with one attached hydrogen (secondary N) is 1. The molecule has 3 aromatic rings. The molecule has 2 aromatic carbocycles. The highest BCUT2D eigenvalue weighted by atomic mass is 35.5. The maximum absolute atomic E-state index is 6.05. The summed E-state index contributed by atoms with van der Waals surface area (Å²) in [6.07, 6.45) is 0.0486. The van der Waals surface area contributed by atoms with Gasteiger partial charge in [-0.1, -0.05) is 23.2 Å². The Morgan fingerprint density at radius 1 is 1.04 bits per heavy atom. The molecule has 4 nitrogen and oxygen atoms in total. The lowest BCUT2D eigenvalue weighted by Gasteiger charge is -2.14. The number of rotatable bonds is 4. The minimum absolute atomic E-state index is 0.0486. The van der Waals surface area contributed by atoms with Crippen LogP contribution in [-0.4, -0.2) is 23.2 Å². The lowest BCUT2D eigenvalue weighted by Crippen LogP contribution is -2.06. The van der Waals surface area contributed by atoms with E-state index in [9.17, 15) is 0 Å². The standard InChI is InChI=1S/C17H16Cl2N2O2/c1-9(2)23-16-6-10(4-5-15(16)22-3)17-20-13-7-11(18)12(19)8-14(13)21-17/h4-9H,1-3H3,(H,20,21). The molecule has 1 aromatic heterocycles. The van der Waals surface area contributed by atoms with Gasteiger partial charge >= 0.3 is 0 Å². The third-order valence-corrected chi connectivity index (χ3v) is 4.05. The summed E-state index contributed by atoms with van der Waals surface area (Å²) in [5, 5.41) is 0.976. The van der Waals surface area contributed by atoms with Crippen LogP contribution < -0.4 is 9.47 Å². The van der Waals surface area contributed by atoms with Gasteiger partial charge in [-0.3, -0.25) is 0 Å². The van der Waals surface area contributed by atoms with E-state index >= 15 is 0 Å². The zero-order chi connectivity index (χ0) is 16.6. The highest BCUT2D eigenvalue weighted by Crippen LogP contribution is 2.34. The first kappa shape index (κ1) is 16.0. The Balaban J connectivity index is 2.07. The lowest BCUT2D eigenvalue weighted by atomic mass is 10.2.